The summed E-state index contributed by atoms with van der Waals surface area (Å²) in [6, 6.07) is 0. The van der Waals surface area contributed by atoms with Crippen molar-refractivity contribution in [3.8, 4) is 0 Å². The number of rotatable bonds is 15. The topological polar surface area (TPSA) is 156 Å². The zero-order valence-electron chi connectivity index (χ0n) is 8.13. The van der Waals surface area contributed by atoms with Gasteiger partial charge in [0.25, 0.3) is 0 Å². The van der Waals surface area contributed by atoms with Gasteiger partial charge in [-0.25, -0.2) is 0 Å². The van der Waals surface area contributed by atoms with Gasteiger partial charge in [0.2, 0.25) is 0 Å². The largest absolute Gasteiger partial charge is 0.168 e. The molecule has 0 aliphatic rings. The zero-order chi connectivity index (χ0) is 14.2. The van der Waals surface area contributed by atoms with Gasteiger partial charge in [-0.1, -0.05) is 8.93 Å². The van der Waals surface area contributed by atoms with Crippen molar-refractivity contribution in [3.05, 3.63) is 0 Å². The number of nitrogens with zero attached hydrogens (tertiary/aromatic N) is 1. The van der Waals surface area contributed by atoms with E-state index < -0.39 is 7.53 Å². The van der Waals surface area contributed by atoms with E-state index in [4.69, 9.17) is 5.53 Å². The maximum atomic E-state index is 6.04. The molecule has 19 heavy (non-hydrogen) atoms. The molecule has 0 aliphatic heterocycles. The molecule has 0 aromatic carbocycles. The van der Waals surface area contributed by atoms with E-state index in [9.17, 15) is 0 Å². The first-order valence-electron chi connectivity index (χ1n) is 3.23. The van der Waals surface area contributed by atoms with Crippen LogP contribution >= 0.6 is 23.5 Å². The van der Waals surface area contributed by atoms with Crippen molar-refractivity contribution in [3.63, 3.8) is 0 Å². The Labute approximate surface area is 112 Å². The van der Waals surface area contributed by atoms with Gasteiger partial charge in [-0.3, -0.25) is 0 Å². The highest BCUT2D eigenvalue weighted by Crippen LogP contribution is 2.57. The van der Waals surface area contributed by atoms with Gasteiger partial charge in [0.15, 0.2) is 7.53 Å². The van der Waals surface area contributed by atoms with E-state index in [1.165, 1.54) is 0 Å². The van der Waals surface area contributed by atoms with Crippen molar-refractivity contribution >= 4 is 35.3 Å². The maximum Gasteiger partial charge on any atom is 0.155 e. The first kappa shape index (κ1) is 19.3. The first-order chi connectivity index (χ1) is 9.31. The van der Waals surface area contributed by atoms with Crippen LogP contribution in [0.5, 0.6) is 0 Å². The van der Waals surface area contributed by atoms with Gasteiger partial charge < -0.3 is 0 Å². The van der Waals surface area contributed by atoms with Crippen LogP contribution in [0.4, 0.5) is 0 Å². The number of hydrogen-bond donors (Lipinski definition) is 1. The fourth-order valence-corrected chi connectivity index (χ4v) is 0.815. The molecule has 2 unspecified atom stereocenters. The van der Waals surface area contributed by atoms with Crippen LogP contribution in [0.25, 0.3) is 0 Å². The minimum absolute atomic E-state index is 0.510. The van der Waals surface area contributed by atoms with E-state index in [-0.39, 0.29) is 0 Å². The fraction of sp³-hybridized carbons (Fsp3) is 0. The van der Waals surface area contributed by atoms with Gasteiger partial charge in [-0.05, 0) is 37.0 Å². The van der Waals surface area contributed by atoms with E-state index >= 15 is 0 Å². The molecule has 0 spiro atoms. The van der Waals surface area contributed by atoms with Crippen molar-refractivity contribution < 1.29 is 65.1 Å². The lowest BCUT2D eigenvalue weighted by Gasteiger charge is -2.01. The fourth-order valence-electron chi connectivity index (χ4n) is 0.187. The summed E-state index contributed by atoms with van der Waals surface area (Å²) in [6.07, 6.45) is 0. The Balaban J connectivity index is 2.99. The quantitative estimate of drug-likeness (QED) is 0.147. The highest BCUT2D eigenvalue weighted by atomic mass is 32.7. The van der Waals surface area contributed by atoms with E-state index in [1.807, 2.05) is 0 Å². The van der Waals surface area contributed by atoms with Gasteiger partial charge in [0.1, 0.15) is 0 Å². The van der Waals surface area contributed by atoms with E-state index in [2.05, 4.69) is 91.1 Å². The predicted octanol–water partition coefficient (Wildman–Crippen LogP) is 1.64. The summed E-state index contributed by atoms with van der Waals surface area (Å²) >= 11 is 4.59. The molecule has 0 amide bonds. The van der Waals surface area contributed by atoms with E-state index in [0.29, 0.717) is 7.04 Å². The Hall–Kier alpha value is 0.300. The standard InChI is InChI=1S/H3N2O13P3S/c1-2-3-4-5-6-7-8-9-10-11-12-13-14-15-18(16)17-19/h1H,16H2. The van der Waals surface area contributed by atoms with Crippen molar-refractivity contribution in [1.82, 2.24) is 0 Å². The minimum atomic E-state index is -1.08. The summed E-state index contributed by atoms with van der Waals surface area (Å²) < 4.78 is 4.43. The summed E-state index contributed by atoms with van der Waals surface area (Å²) in [7, 11) is 1.67. The van der Waals surface area contributed by atoms with Crippen LogP contribution in [-0.2, 0) is 76.9 Å². The molecular weight excluding hydrogens is 361 g/mol. The summed E-state index contributed by atoms with van der Waals surface area (Å²) in [5.41, 5.74) is 6.04. The second-order valence-electron chi connectivity index (χ2n) is 1.37. The van der Waals surface area contributed by atoms with Gasteiger partial charge in [-0.15, -0.1) is 0 Å². The second-order valence-corrected chi connectivity index (χ2v) is 8.14. The molecule has 0 saturated carbocycles. The predicted molar refractivity (Wildman–Crippen MR) is 50.2 cm³/mol. The van der Waals surface area contributed by atoms with Crippen molar-refractivity contribution in [2.24, 2.45) is 5.28 Å². The van der Waals surface area contributed by atoms with Crippen LogP contribution in [0.3, 0.4) is 0 Å². The molecule has 1 N–H and O–H groups in total. The monoisotopic (exact) mass is 364 g/mol. The smallest absolute Gasteiger partial charge is 0.155 e. The third kappa shape index (κ3) is 16.2. The minimum Gasteiger partial charge on any atom is -0.168 e. The third-order valence-electron chi connectivity index (χ3n) is 0.533. The van der Waals surface area contributed by atoms with Crippen LogP contribution in [0, 0.1) is 5.53 Å². The highest BCUT2D eigenvalue weighted by Gasteiger charge is 2.01. The Kier molecular flexibility index (Phi) is 16.6. The number of hydrogen-bond acceptors (Lipinski definition) is 16. The molecule has 0 heterocycles. The lowest BCUT2D eigenvalue weighted by atomic mass is 13.1. The Morgan fingerprint density at radius 1 is 0.842 bits per heavy atom. The van der Waals surface area contributed by atoms with Crippen LogP contribution < -0.4 is 0 Å². The third-order valence-corrected chi connectivity index (χ3v) is 5.84. The lowest BCUT2D eigenvalue weighted by molar-refractivity contribution is -0.868. The molecule has 2 atom stereocenters. The average Bonchev–Trinajstić information content (AvgIpc) is 2.43. The van der Waals surface area contributed by atoms with Crippen LogP contribution in [-0.4, -0.2) is 0 Å². The van der Waals surface area contributed by atoms with Crippen LogP contribution in [0.15, 0.2) is 5.28 Å². The molecule has 0 aliphatic carbocycles. The molecule has 19 heteroatoms. The molecule has 0 aromatic rings. The van der Waals surface area contributed by atoms with Crippen LogP contribution in [0.2, 0.25) is 0 Å². The molecule has 0 fully saturated rings. The van der Waals surface area contributed by atoms with Gasteiger partial charge in [0, 0.05) is 37.3 Å². The molecule has 0 aromatic heterocycles. The van der Waals surface area contributed by atoms with Crippen molar-refractivity contribution in [2.45, 2.75) is 0 Å². The summed E-state index contributed by atoms with van der Waals surface area (Å²) in [4.78, 5) is 3.48. The average molecular weight is 364 g/mol. The Bertz CT molecular complexity index is 218. The van der Waals surface area contributed by atoms with E-state index in [0.717, 1.165) is 0 Å². The van der Waals surface area contributed by atoms with Crippen molar-refractivity contribution in [2.75, 3.05) is 0 Å². The molecule has 0 rings (SSSR count). The normalized spacial score (nSPS) is 12.5. The summed E-state index contributed by atoms with van der Waals surface area (Å²) in [5.74, 6) is 0. The van der Waals surface area contributed by atoms with E-state index in [1.54, 1.807) is 0 Å². The maximum absolute atomic E-state index is 6.04. The molecular formula is H3N2O13P3S. The van der Waals surface area contributed by atoms with Gasteiger partial charge >= 0.3 is 0 Å². The molecule has 112 valence electrons. The molecule has 0 saturated heterocycles. The SMILES string of the molecule is N=NOOOOOOOOOOOOOP(P)P=S. The Morgan fingerprint density at radius 2 is 1.26 bits per heavy atom. The molecule has 0 radical (unpaired) electrons. The molecule has 0 bridgehead atoms. The van der Waals surface area contributed by atoms with Crippen LogP contribution in [0.1, 0.15) is 0 Å². The summed E-state index contributed by atoms with van der Waals surface area (Å²) in [6.45, 7) is 0. The highest BCUT2D eigenvalue weighted by molar-refractivity contribution is 8.53. The second kappa shape index (κ2) is 16.4. The Morgan fingerprint density at radius 3 is 1.68 bits per heavy atom. The molecule has 15 nitrogen and oxygen atoms in total. The van der Waals surface area contributed by atoms with Crippen molar-refractivity contribution in [1.29, 1.82) is 5.53 Å². The van der Waals surface area contributed by atoms with Gasteiger partial charge in [0.05, 0.1) is 5.28 Å². The van der Waals surface area contributed by atoms with Gasteiger partial charge in [-0.2, -0.15) is 15.2 Å². The lowest BCUT2D eigenvalue weighted by Crippen LogP contribution is -2.03. The zero-order valence-corrected chi connectivity index (χ0v) is 11.9. The number of nitrogens with one attached hydrogen (secondary N) is 1. The summed E-state index contributed by atoms with van der Waals surface area (Å²) in [5, 5.41) is 42.0. The first-order valence-corrected chi connectivity index (χ1v) is 8.72.